The summed E-state index contributed by atoms with van der Waals surface area (Å²) < 4.78 is 0. The molecule has 0 bridgehead atoms. The van der Waals surface area contributed by atoms with E-state index in [-0.39, 0.29) is 30.6 Å². The minimum absolute atomic E-state index is 0.0449. The van der Waals surface area contributed by atoms with Gasteiger partial charge in [-0.25, -0.2) is 0 Å². The van der Waals surface area contributed by atoms with E-state index in [1.54, 1.807) is 18.3 Å². The normalized spacial score (nSPS) is 20.2. The molecule has 1 aliphatic heterocycles. The van der Waals surface area contributed by atoms with Gasteiger partial charge in [-0.15, -0.1) is 0 Å². The number of nitrogens with zero attached hydrogens (tertiary/aromatic N) is 2. The summed E-state index contributed by atoms with van der Waals surface area (Å²) >= 11 is 0. The predicted octanol–water partition coefficient (Wildman–Crippen LogP) is 1.80. The van der Waals surface area contributed by atoms with Gasteiger partial charge in [-0.05, 0) is 18.6 Å². The molecular weight excluding hydrogens is 342 g/mol. The highest BCUT2D eigenvalue weighted by atomic mass is 16.3. The van der Waals surface area contributed by atoms with Gasteiger partial charge in [0.2, 0.25) is 5.91 Å². The van der Waals surface area contributed by atoms with Crippen LogP contribution in [-0.4, -0.2) is 51.9 Å². The third-order valence-corrected chi connectivity index (χ3v) is 4.80. The summed E-state index contributed by atoms with van der Waals surface area (Å²) in [5.41, 5.74) is 1.58. The summed E-state index contributed by atoms with van der Waals surface area (Å²) in [5, 5.41) is 13.3. The van der Waals surface area contributed by atoms with Gasteiger partial charge in [-0.2, -0.15) is 0 Å². The van der Waals surface area contributed by atoms with E-state index in [0.29, 0.717) is 25.1 Å². The van der Waals surface area contributed by atoms with Crippen LogP contribution in [0.25, 0.3) is 0 Å². The number of benzene rings is 1. The Kier molecular flexibility index (Phi) is 6.68. The number of aromatic nitrogens is 1. The third-order valence-electron chi connectivity index (χ3n) is 4.80. The number of ketones is 1. The zero-order valence-electron chi connectivity index (χ0n) is 15.3. The molecule has 0 radical (unpaired) electrons. The topological polar surface area (TPSA) is 82.5 Å². The van der Waals surface area contributed by atoms with Crippen LogP contribution in [0.4, 0.5) is 0 Å². The maximum Gasteiger partial charge on any atom is 0.220 e. The number of rotatable bonds is 7. The van der Waals surface area contributed by atoms with Crippen molar-refractivity contribution in [3.8, 4) is 0 Å². The van der Waals surface area contributed by atoms with Gasteiger partial charge in [0.1, 0.15) is 0 Å². The number of aliphatic hydroxyl groups excluding tert-OH is 1. The first-order valence-electron chi connectivity index (χ1n) is 9.30. The number of carbonyl (C=O) groups excluding carboxylic acids is 2. The van der Waals surface area contributed by atoms with Crippen LogP contribution in [0.15, 0.2) is 54.7 Å². The highest BCUT2D eigenvalue weighted by molar-refractivity contribution is 5.97. The molecule has 1 aromatic heterocycles. The average molecular weight is 367 g/mol. The smallest absolute Gasteiger partial charge is 0.220 e. The van der Waals surface area contributed by atoms with Crippen LogP contribution in [0.5, 0.6) is 0 Å². The van der Waals surface area contributed by atoms with Crippen LogP contribution in [0.2, 0.25) is 0 Å². The van der Waals surface area contributed by atoms with Crippen molar-refractivity contribution in [3.63, 3.8) is 0 Å². The molecule has 2 aromatic rings. The number of piperidine rings is 1. The van der Waals surface area contributed by atoms with Crippen LogP contribution in [-0.2, 0) is 11.3 Å². The molecule has 1 fully saturated rings. The van der Waals surface area contributed by atoms with Crippen molar-refractivity contribution in [2.75, 3.05) is 13.1 Å². The Labute approximate surface area is 159 Å². The van der Waals surface area contributed by atoms with E-state index < -0.39 is 6.10 Å². The van der Waals surface area contributed by atoms with Gasteiger partial charge in [-0.3, -0.25) is 19.5 Å². The third kappa shape index (κ3) is 5.70. The Bertz CT molecular complexity index is 752. The van der Waals surface area contributed by atoms with E-state index in [4.69, 9.17) is 0 Å². The second-order valence-electron chi connectivity index (χ2n) is 6.88. The quantitative estimate of drug-likeness (QED) is 0.729. The molecule has 0 unspecified atom stereocenters. The molecule has 0 aliphatic carbocycles. The summed E-state index contributed by atoms with van der Waals surface area (Å²) in [6.07, 6.45) is 2.11. The Morgan fingerprint density at radius 2 is 1.89 bits per heavy atom. The SMILES string of the molecule is O=C(CCC(=O)c1ccccc1)N[C@@H]1CCN(Cc2ccccn2)C[C@H]1O. The van der Waals surface area contributed by atoms with Crippen LogP contribution >= 0.6 is 0 Å². The number of Topliss-reactive ketones (excluding diaryl/α,β-unsaturated/α-hetero) is 1. The van der Waals surface area contributed by atoms with Crippen molar-refractivity contribution in [2.45, 2.75) is 38.0 Å². The molecule has 1 aliphatic rings. The van der Waals surface area contributed by atoms with Crippen molar-refractivity contribution in [1.29, 1.82) is 0 Å². The summed E-state index contributed by atoms with van der Waals surface area (Å²) in [7, 11) is 0. The van der Waals surface area contributed by atoms with Crippen LogP contribution < -0.4 is 5.32 Å². The molecule has 1 saturated heterocycles. The number of amides is 1. The van der Waals surface area contributed by atoms with Crippen LogP contribution in [0.1, 0.15) is 35.3 Å². The van der Waals surface area contributed by atoms with E-state index in [0.717, 1.165) is 12.2 Å². The summed E-state index contributed by atoms with van der Waals surface area (Å²) in [6.45, 7) is 1.95. The highest BCUT2D eigenvalue weighted by Crippen LogP contribution is 2.14. The van der Waals surface area contributed by atoms with Crippen molar-refractivity contribution in [2.24, 2.45) is 0 Å². The number of nitrogens with one attached hydrogen (secondary N) is 1. The number of β-amino-alcohol motifs (C(OH)–C–C–N with tert-alkyl or cyclic N) is 1. The van der Waals surface area contributed by atoms with Crippen LogP contribution in [0.3, 0.4) is 0 Å². The summed E-state index contributed by atoms with van der Waals surface area (Å²) in [6, 6.07) is 14.5. The molecule has 2 N–H and O–H groups in total. The fourth-order valence-electron chi connectivity index (χ4n) is 3.30. The maximum atomic E-state index is 12.2. The Hall–Kier alpha value is -2.57. The van der Waals surface area contributed by atoms with Gasteiger partial charge in [0.15, 0.2) is 5.78 Å². The molecule has 2 heterocycles. The molecule has 27 heavy (non-hydrogen) atoms. The molecular formula is C21H25N3O3. The second kappa shape index (κ2) is 9.39. The lowest BCUT2D eigenvalue weighted by Crippen LogP contribution is -2.53. The number of hydrogen-bond donors (Lipinski definition) is 2. The molecule has 142 valence electrons. The maximum absolute atomic E-state index is 12.2. The number of likely N-dealkylation sites (tertiary alicyclic amines) is 1. The average Bonchev–Trinajstić information content (AvgIpc) is 2.70. The van der Waals surface area contributed by atoms with E-state index >= 15 is 0 Å². The summed E-state index contributed by atoms with van der Waals surface area (Å²) in [5.74, 6) is -0.238. The molecule has 0 saturated carbocycles. The predicted molar refractivity (Wildman–Crippen MR) is 102 cm³/mol. The fourth-order valence-corrected chi connectivity index (χ4v) is 3.30. The standard InChI is InChI=1S/C21H25N3O3/c25-19(16-6-2-1-3-7-16)9-10-21(27)23-18-11-13-24(15-20(18)26)14-17-8-4-5-12-22-17/h1-8,12,18,20,26H,9-11,13-15H2,(H,23,27)/t18-,20-/m1/s1. The number of carbonyl (C=O) groups is 2. The van der Waals surface area contributed by atoms with E-state index in [1.165, 1.54) is 0 Å². The van der Waals surface area contributed by atoms with Crippen LogP contribution in [0, 0.1) is 0 Å². The number of aliphatic hydroxyl groups is 1. The van der Waals surface area contributed by atoms with Crippen molar-refractivity contribution in [1.82, 2.24) is 15.2 Å². The Balaban J connectivity index is 1.42. The van der Waals surface area contributed by atoms with Gasteiger partial charge in [0, 0.05) is 44.2 Å². The largest absolute Gasteiger partial charge is 0.390 e. The lowest BCUT2D eigenvalue weighted by molar-refractivity contribution is -0.123. The lowest BCUT2D eigenvalue weighted by atomic mass is 10.0. The van der Waals surface area contributed by atoms with Crippen molar-refractivity contribution < 1.29 is 14.7 Å². The monoisotopic (exact) mass is 367 g/mol. The van der Waals surface area contributed by atoms with Gasteiger partial charge < -0.3 is 10.4 Å². The number of hydrogen-bond acceptors (Lipinski definition) is 5. The fraction of sp³-hybridized carbons (Fsp3) is 0.381. The first-order chi connectivity index (χ1) is 13.1. The minimum atomic E-state index is -0.628. The van der Waals surface area contributed by atoms with E-state index in [1.807, 2.05) is 36.4 Å². The second-order valence-corrected chi connectivity index (χ2v) is 6.88. The van der Waals surface area contributed by atoms with Crippen molar-refractivity contribution in [3.05, 3.63) is 66.0 Å². The summed E-state index contributed by atoms with van der Waals surface area (Å²) in [4.78, 5) is 30.7. The van der Waals surface area contributed by atoms with Gasteiger partial charge >= 0.3 is 0 Å². The zero-order chi connectivity index (χ0) is 19.1. The molecule has 1 amide bonds. The lowest BCUT2D eigenvalue weighted by Gasteiger charge is -2.36. The molecule has 0 spiro atoms. The molecule has 6 nitrogen and oxygen atoms in total. The van der Waals surface area contributed by atoms with E-state index in [2.05, 4.69) is 15.2 Å². The molecule has 6 heteroatoms. The molecule has 2 atom stereocenters. The first kappa shape index (κ1) is 19.2. The Morgan fingerprint density at radius 3 is 2.59 bits per heavy atom. The minimum Gasteiger partial charge on any atom is -0.390 e. The van der Waals surface area contributed by atoms with Gasteiger partial charge in [-0.1, -0.05) is 36.4 Å². The molecule has 1 aromatic carbocycles. The van der Waals surface area contributed by atoms with E-state index in [9.17, 15) is 14.7 Å². The Morgan fingerprint density at radius 1 is 1.11 bits per heavy atom. The molecule has 3 rings (SSSR count). The van der Waals surface area contributed by atoms with Gasteiger partial charge in [0.05, 0.1) is 17.8 Å². The van der Waals surface area contributed by atoms with Crippen molar-refractivity contribution >= 4 is 11.7 Å². The zero-order valence-corrected chi connectivity index (χ0v) is 15.3. The first-order valence-corrected chi connectivity index (χ1v) is 9.30. The number of pyridine rings is 1. The highest BCUT2D eigenvalue weighted by Gasteiger charge is 2.29. The van der Waals surface area contributed by atoms with Gasteiger partial charge in [0.25, 0.3) is 0 Å².